The Morgan fingerprint density at radius 2 is 1.50 bits per heavy atom. The number of nitriles is 1. The summed E-state index contributed by atoms with van der Waals surface area (Å²) in [6, 6.07) is 19.0. The van der Waals surface area contributed by atoms with Gasteiger partial charge in [-0.3, -0.25) is 5.41 Å². The number of hydrogen-bond acceptors (Lipinski definition) is 14. The molecule has 1 aliphatic rings. The standard InChI is InChI=1S/C37H31N5O8S2/c1-46-29-10-8-20(13-31(29)48-3)25-18-51-35(40-25)24(15-38)28(44)17-50-37(45)22-6-5-7-23(12-22)42-16-27(43)33(34(42)39)36-41-26(19-52-36)21-9-11-30(47-2)32(14-21)49-4/h5-14,18-19,39,43-44H,16-17H2,1-4H3/b28-24-,39-34?. The van der Waals surface area contributed by atoms with Crippen LogP contribution in [-0.4, -0.2) is 73.6 Å². The fourth-order valence-electron chi connectivity index (χ4n) is 5.38. The Morgan fingerprint density at radius 3 is 2.12 bits per heavy atom. The molecule has 2 aromatic heterocycles. The number of aliphatic hydroxyl groups is 2. The SMILES string of the molecule is COc1ccc(-c2csc(C3=C(O)CN(c4cccc(C(=O)OC/C(O)=C(\C#N)c5nc(-c6ccc(OC)c(OC)c6)cs5)c4)C3=N)n2)cc1OC. The number of nitrogens with one attached hydrogen (secondary N) is 1. The number of methoxy groups -OCH3 is 4. The zero-order chi connectivity index (χ0) is 36.9. The molecule has 0 radical (unpaired) electrons. The normalized spacial score (nSPS) is 13.1. The van der Waals surface area contributed by atoms with Crippen LogP contribution in [0.1, 0.15) is 20.4 Å². The van der Waals surface area contributed by atoms with Crippen LogP contribution in [0.3, 0.4) is 0 Å². The minimum absolute atomic E-state index is 0.00590. The van der Waals surface area contributed by atoms with E-state index < -0.39 is 18.3 Å². The van der Waals surface area contributed by atoms with Crippen LogP contribution in [-0.2, 0) is 4.74 Å². The molecule has 0 saturated heterocycles. The van der Waals surface area contributed by atoms with E-state index in [0.29, 0.717) is 45.1 Å². The number of benzene rings is 3. The molecule has 264 valence electrons. The first kappa shape index (κ1) is 35.5. The Labute approximate surface area is 306 Å². The summed E-state index contributed by atoms with van der Waals surface area (Å²) < 4.78 is 26.7. The quantitative estimate of drug-likeness (QED) is 0.0658. The number of anilines is 1. The fourth-order valence-corrected chi connectivity index (χ4v) is 7.12. The van der Waals surface area contributed by atoms with Crippen LogP contribution in [0.5, 0.6) is 23.0 Å². The lowest BCUT2D eigenvalue weighted by atomic mass is 10.1. The topological polar surface area (TPSA) is 180 Å². The van der Waals surface area contributed by atoms with Crippen LogP contribution in [0, 0.1) is 16.7 Å². The summed E-state index contributed by atoms with van der Waals surface area (Å²) in [6.07, 6.45) is 0. The van der Waals surface area contributed by atoms with Gasteiger partial charge in [0.2, 0.25) is 0 Å². The predicted octanol–water partition coefficient (Wildman–Crippen LogP) is 7.38. The van der Waals surface area contributed by atoms with Crippen LogP contribution >= 0.6 is 22.7 Å². The molecule has 0 atom stereocenters. The summed E-state index contributed by atoms with van der Waals surface area (Å²) in [6.45, 7) is -0.582. The molecule has 3 heterocycles. The van der Waals surface area contributed by atoms with Crippen molar-refractivity contribution in [2.24, 2.45) is 0 Å². The number of rotatable bonds is 12. The van der Waals surface area contributed by atoms with E-state index in [4.69, 9.17) is 29.1 Å². The minimum Gasteiger partial charge on any atom is -0.510 e. The molecule has 5 aromatic rings. The highest BCUT2D eigenvalue weighted by Crippen LogP contribution is 2.38. The van der Waals surface area contributed by atoms with Gasteiger partial charge in [0.25, 0.3) is 0 Å². The number of ether oxygens (including phenoxy) is 5. The van der Waals surface area contributed by atoms with E-state index in [9.17, 15) is 20.3 Å². The van der Waals surface area contributed by atoms with Crippen LogP contribution in [0.25, 0.3) is 33.7 Å². The van der Waals surface area contributed by atoms with Crippen LogP contribution in [0.2, 0.25) is 0 Å². The second kappa shape index (κ2) is 15.3. The summed E-state index contributed by atoms with van der Waals surface area (Å²) in [5.41, 5.74) is 3.44. The van der Waals surface area contributed by atoms with Gasteiger partial charge in [-0.25, -0.2) is 14.8 Å². The molecule has 0 fully saturated rings. The summed E-state index contributed by atoms with van der Waals surface area (Å²) >= 11 is 2.44. The lowest BCUT2D eigenvalue weighted by Gasteiger charge is -2.19. The van der Waals surface area contributed by atoms with Crippen molar-refractivity contribution < 1.29 is 38.7 Å². The number of carbonyl (C=O) groups is 1. The third kappa shape index (κ3) is 6.97. The van der Waals surface area contributed by atoms with Crippen molar-refractivity contribution in [1.29, 1.82) is 10.7 Å². The average Bonchev–Trinajstić information content (AvgIpc) is 3.93. The molecule has 0 saturated carbocycles. The van der Waals surface area contributed by atoms with E-state index in [1.165, 1.54) is 37.7 Å². The Morgan fingerprint density at radius 1 is 0.885 bits per heavy atom. The maximum atomic E-state index is 13.1. The second-order valence-electron chi connectivity index (χ2n) is 11.0. The predicted molar refractivity (Wildman–Crippen MR) is 198 cm³/mol. The van der Waals surface area contributed by atoms with Gasteiger partial charge in [0.1, 0.15) is 39.9 Å². The molecule has 6 rings (SSSR count). The summed E-state index contributed by atoms with van der Waals surface area (Å²) in [5, 5.41) is 44.7. The molecule has 13 nitrogen and oxygen atoms in total. The molecule has 0 spiro atoms. The number of nitrogens with zero attached hydrogens (tertiary/aromatic N) is 4. The Balaban J connectivity index is 1.14. The molecule has 1 aliphatic heterocycles. The molecule has 0 amide bonds. The molecule has 3 N–H and O–H groups in total. The van der Waals surface area contributed by atoms with Gasteiger partial charge in [0.15, 0.2) is 28.8 Å². The van der Waals surface area contributed by atoms with Crippen LogP contribution < -0.4 is 23.8 Å². The molecule has 3 aromatic carbocycles. The third-order valence-electron chi connectivity index (χ3n) is 8.03. The first-order valence-corrected chi connectivity index (χ1v) is 17.2. The molecular formula is C37H31N5O8S2. The number of hydrogen-bond donors (Lipinski definition) is 3. The highest BCUT2D eigenvalue weighted by molar-refractivity contribution is 7.11. The van der Waals surface area contributed by atoms with E-state index in [1.807, 2.05) is 17.5 Å². The van der Waals surface area contributed by atoms with Gasteiger partial charge in [-0.1, -0.05) is 6.07 Å². The average molecular weight is 738 g/mol. The van der Waals surface area contributed by atoms with Crippen molar-refractivity contribution in [3.05, 3.63) is 98.5 Å². The van der Waals surface area contributed by atoms with Crippen molar-refractivity contribution in [2.75, 3.05) is 46.5 Å². The molecule has 0 unspecified atom stereocenters. The lowest BCUT2D eigenvalue weighted by Crippen LogP contribution is -2.26. The highest BCUT2D eigenvalue weighted by Gasteiger charge is 2.32. The largest absolute Gasteiger partial charge is 0.510 e. The van der Waals surface area contributed by atoms with Crippen LogP contribution in [0.4, 0.5) is 5.69 Å². The molecule has 0 bridgehead atoms. The van der Waals surface area contributed by atoms with E-state index >= 15 is 0 Å². The van der Waals surface area contributed by atoms with Gasteiger partial charge in [-0.2, -0.15) is 5.26 Å². The number of allylic oxidation sites excluding steroid dienone is 1. The Hall–Kier alpha value is -6.37. The smallest absolute Gasteiger partial charge is 0.338 e. The number of aliphatic hydroxyl groups excluding tert-OH is 2. The van der Waals surface area contributed by atoms with Crippen molar-refractivity contribution in [3.63, 3.8) is 0 Å². The first-order valence-electron chi connectivity index (χ1n) is 15.4. The summed E-state index contributed by atoms with van der Waals surface area (Å²) in [5.74, 6) is 0.939. The van der Waals surface area contributed by atoms with E-state index in [1.54, 1.807) is 67.0 Å². The molecule has 0 aliphatic carbocycles. The van der Waals surface area contributed by atoms with Gasteiger partial charge in [-0.15, -0.1) is 22.7 Å². The van der Waals surface area contributed by atoms with E-state index in [-0.39, 0.29) is 39.9 Å². The lowest BCUT2D eigenvalue weighted by molar-refractivity contribution is 0.0503. The zero-order valence-corrected chi connectivity index (χ0v) is 29.9. The Kier molecular flexibility index (Phi) is 10.4. The maximum absolute atomic E-state index is 13.1. The summed E-state index contributed by atoms with van der Waals surface area (Å²) in [7, 11) is 6.17. The van der Waals surface area contributed by atoms with Crippen molar-refractivity contribution >= 4 is 51.3 Å². The minimum atomic E-state index is -0.765. The van der Waals surface area contributed by atoms with E-state index in [2.05, 4.69) is 9.97 Å². The first-order chi connectivity index (χ1) is 25.2. The van der Waals surface area contributed by atoms with Gasteiger partial charge >= 0.3 is 5.97 Å². The van der Waals surface area contributed by atoms with E-state index in [0.717, 1.165) is 22.5 Å². The maximum Gasteiger partial charge on any atom is 0.338 e. The number of amidine groups is 1. The van der Waals surface area contributed by atoms with Crippen molar-refractivity contribution in [2.45, 2.75) is 0 Å². The fraction of sp³-hybridized carbons (Fsp3) is 0.162. The van der Waals surface area contributed by atoms with Crippen LogP contribution in [0.15, 0.2) is 82.9 Å². The second-order valence-corrected chi connectivity index (χ2v) is 12.7. The molecule has 15 heteroatoms. The van der Waals surface area contributed by atoms with Gasteiger partial charge in [0, 0.05) is 27.6 Å². The van der Waals surface area contributed by atoms with Crippen molar-refractivity contribution in [1.82, 2.24) is 9.97 Å². The highest BCUT2D eigenvalue weighted by atomic mass is 32.1. The molecular weight excluding hydrogens is 707 g/mol. The Bertz CT molecular complexity index is 2290. The number of esters is 1. The zero-order valence-electron chi connectivity index (χ0n) is 28.3. The number of aromatic nitrogens is 2. The third-order valence-corrected chi connectivity index (χ3v) is 9.75. The van der Waals surface area contributed by atoms with Crippen molar-refractivity contribution in [3.8, 4) is 51.6 Å². The number of thiazole rings is 2. The van der Waals surface area contributed by atoms with Gasteiger partial charge in [0.05, 0.1) is 57.5 Å². The summed E-state index contributed by atoms with van der Waals surface area (Å²) in [4.78, 5) is 23.8. The monoisotopic (exact) mass is 737 g/mol. The number of carbonyl (C=O) groups excluding carboxylic acids is 1. The molecule has 52 heavy (non-hydrogen) atoms. The van der Waals surface area contributed by atoms with Gasteiger partial charge < -0.3 is 38.8 Å². The van der Waals surface area contributed by atoms with Gasteiger partial charge in [-0.05, 0) is 54.6 Å².